The van der Waals surface area contributed by atoms with Crippen LogP contribution in [0.5, 0.6) is 0 Å². The maximum absolute atomic E-state index is 9.09. The second-order valence-corrected chi connectivity index (χ2v) is 3.77. The monoisotopic (exact) mass is 205 g/mol. The second-order valence-electron chi connectivity index (χ2n) is 3.77. The van der Waals surface area contributed by atoms with E-state index in [1.165, 1.54) is 5.56 Å². The van der Waals surface area contributed by atoms with Gasteiger partial charge in [0.05, 0.1) is 17.8 Å². The summed E-state index contributed by atoms with van der Waals surface area (Å²) in [5.41, 5.74) is 2.23. The minimum Gasteiger partial charge on any atom is -0.392 e. The van der Waals surface area contributed by atoms with Crippen molar-refractivity contribution in [3.63, 3.8) is 0 Å². The molecule has 15 heavy (non-hydrogen) atoms. The molecule has 0 aliphatic carbocycles. The molecule has 0 aliphatic heterocycles. The van der Waals surface area contributed by atoms with Gasteiger partial charge in [-0.2, -0.15) is 5.10 Å². The SMILES string of the molecule is C[C@@H](O)CNCc1ccc2cn[nH]c2c1. The van der Waals surface area contributed by atoms with E-state index in [2.05, 4.69) is 27.6 Å². The Bertz CT molecular complexity index is 436. The fourth-order valence-electron chi connectivity index (χ4n) is 1.52. The molecule has 0 radical (unpaired) electrons. The topological polar surface area (TPSA) is 60.9 Å². The third kappa shape index (κ3) is 2.55. The van der Waals surface area contributed by atoms with Crippen LogP contribution in [0.3, 0.4) is 0 Å². The van der Waals surface area contributed by atoms with Crippen molar-refractivity contribution >= 4 is 10.9 Å². The molecule has 1 aromatic heterocycles. The van der Waals surface area contributed by atoms with Crippen molar-refractivity contribution in [2.24, 2.45) is 0 Å². The van der Waals surface area contributed by atoms with Crippen molar-refractivity contribution in [3.05, 3.63) is 30.0 Å². The molecule has 0 unspecified atom stereocenters. The van der Waals surface area contributed by atoms with Gasteiger partial charge >= 0.3 is 0 Å². The lowest BCUT2D eigenvalue weighted by molar-refractivity contribution is 0.191. The number of hydrogen-bond donors (Lipinski definition) is 3. The lowest BCUT2D eigenvalue weighted by atomic mass is 10.1. The molecule has 1 aromatic carbocycles. The van der Waals surface area contributed by atoms with Crippen molar-refractivity contribution in [1.82, 2.24) is 15.5 Å². The molecule has 1 atom stereocenters. The molecule has 4 heteroatoms. The maximum Gasteiger partial charge on any atom is 0.0653 e. The first-order valence-corrected chi connectivity index (χ1v) is 5.06. The molecule has 0 spiro atoms. The Kier molecular flexibility index (Phi) is 2.99. The zero-order valence-electron chi connectivity index (χ0n) is 8.70. The Morgan fingerprint density at radius 3 is 3.20 bits per heavy atom. The minimum atomic E-state index is -0.305. The highest BCUT2D eigenvalue weighted by Crippen LogP contribution is 2.12. The summed E-state index contributed by atoms with van der Waals surface area (Å²) in [7, 11) is 0. The van der Waals surface area contributed by atoms with Crippen LogP contribution in [0.2, 0.25) is 0 Å². The number of nitrogens with one attached hydrogen (secondary N) is 2. The zero-order valence-corrected chi connectivity index (χ0v) is 8.70. The molecule has 0 saturated carbocycles. The van der Waals surface area contributed by atoms with E-state index in [4.69, 9.17) is 5.11 Å². The normalized spacial score (nSPS) is 13.2. The number of benzene rings is 1. The van der Waals surface area contributed by atoms with E-state index in [0.29, 0.717) is 6.54 Å². The number of aliphatic hydroxyl groups is 1. The van der Waals surface area contributed by atoms with Crippen LogP contribution in [0, 0.1) is 0 Å². The summed E-state index contributed by atoms with van der Waals surface area (Å²) in [4.78, 5) is 0. The number of nitrogens with zero attached hydrogens (tertiary/aromatic N) is 1. The first-order valence-electron chi connectivity index (χ1n) is 5.06. The van der Waals surface area contributed by atoms with Crippen molar-refractivity contribution in [2.45, 2.75) is 19.6 Å². The Morgan fingerprint density at radius 1 is 1.53 bits per heavy atom. The van der Waals surface area contributed by atoms with Crippen molar-refractivity contribution in [1.29, 1.82) is 0 Å². The summed E-state index contributed by atoms with van der Waals surface area (Å²) in [5.74, 6) is 0. The Labute approximate surface area is 88.3 Å². The fourth-order valence-corrected chi connectivity index (χ4v) is 1.52. The zero-order chi connectivity index (χ0) is 10.7. The summed E-state index contributed by atoms with van der Waals surface area (Å²) < 4.78 is 0. The van der Waals surface area contributed by atoms with Gasteiger partial charge in [-0.05, 0) is 18.6 Å². The summed E-state index contributed by atoms with van der Waals surface area (Å²) in [5, 5.41) is 20.3. The molecule has 2 aromatic rings. The van der Waals surface area contributed by atoms with E-state index in [0.717, 1.165) is 17.4 Å². The van der Waals surface area contributed by atoms with E-state index in [1.54, 1.807) is 6.92 Å². The van der Waals surface area contributed by atoms with Crippen LogP contribution >= 0.6 is 0 Å². The number of aliphatic hydroxyl groups excluding tert-OH is 1. The van der Waals surface area contributed by atoms with Crippen LogP contribution in [0.15, 0.2) is 24.4 Å². The van der Waals surface area contributed by atoms with Crippen LogP contribution in [-0.4, -0.2) is 28.0 Å². The molecule has 0 amide bonds. The van der Waals surface area contributed by atoms with Gasteiger partial charge in [-0.3, -0.25) is 5.10 Å². The maximum atomic E-state index is 9.09. The van der Waals surface area contributed by atoms with E-state index >= 15 is 0 Å². The molecule has 1 heterocycles. The average molecular weight is 205 g/mol. The number of rotatable bonds is 4. The highest BCUT2D eigenvalue weighted by molar-refractivity contribution is 5.78. The molecule has 0 bridgehead atoms. The quantitative estimate of drug-likeness (QED) is 0.698. The first-order chi connectivity index (χ1) is 7.25. The third-order valence-corrected chi connectivity index (χ3v) is 2.28. The molecule has 0 fully saturated rings. The van der Waals surface area contributed by atoms with Gasteiger partial charge in [0.1, 0.15) is 0 Å². The van der Waals surface area contributed by atoms with E-state index in [9.17, 15) is 0 Å². The largest absolute Gasteiger partial charge is 0.392 e. The van der Waals surface area contributed by atoms with Gasteiger partial charge in [0.2, 0.25) is 0 Å². The molecule has 0 saturated heterocycles. The minimum absolute atomic E-state index is 0.305. The van der Waals surface area contributed by atoms with Gasteiger partial charge in [-0.15, -0.1) is 0 Å². The average Bonchev–Trinajstić information content (AvgIpc) is 2.64. The Hall–Kier alpha value is -1.39. The fraction of sp³-hybridized carbons (Fsp3) is 0.364. The number of H-pyrrole nitrogens is 1. The smallest absolute Gasteiger partial charge is 0.0653 e. The van der Waals surface area contributed by atoms with Crippen molar-refractivity contribution in [3.8, 4) is 0 Å². The number of aromatic nitrogens is 2. The van der Waals surface area contributed by atoms with Crippen molar-refractivity contribution in [2.75, 3.05) is 6.54 Å². The van der Waals surface area contributed by atoms with Crippen LogP contribution in [0.4, 0.5) is 0 Å². The molecule has 2 rings (SSSR count). The first kappa shape index (κ1) is 10.1. The van der Waals surface area contributed by atoms with Gasteiger partial charge in [0.25, 0.3) is 0 Å². The molecule has 4 nitrogen and oxygen atoms in total. The number of fused-ring (bicyclic) bond motifs is 1. The summed E-state index contributed by atoms with van der Waals surface area (Å²) in [6, 6.07) is 6.17. The van der Waals surface area contributed by atoms with E-state index in [1.807, 2.05) is 12.3 Å². The van der Waals surface area contributed by atoms with E-state index in [-0.39, 0.29) is 6.10 Å². The second kappa shape index (κ2) is 4.42. The molecule has 0 aliphatic rings. The lowest BCUT2D eigenvalue weighted by Crippen LogP contribution is -2.23. The number of aromatic amines is 1. The van der Waals surface area contributed by atoms with Crippen molar-refractivity contribution < 1.29 is 5.11 Å². The predicted molar refractivity (Wildman–Crippen MR) is 59.5 cm³/mol. The highest BCUT2D eigenvalue weighted by Gasteiger charge is 1.99. The highest BCUT2D eigenvalue weighted by atomic mass is 16.3. The molecular formula is C11H15N3O. The summed E-state index contributed by atoms with van der Waals surface area (Å²) in [6.07, 6.45) is 1.50. The summed E-state index contributed by atoms with van der Waals surface area (Å²) in [6.45, 7) is 3.14. The van der Waals surface area contributed by atoms with Gasteiger partial charge in [0, 0.05) is 18.5 Å². The van der Waals surface area contributed by atoms with Gasteiger partial charge in [-0.1, -0.05) is 12.1 Å². The number of hydrogen-bond acceptors (Lipinski definition) is 3. The molecule has 80 valence electrons. The molecule has 3 N–H and O–H groups in total. The Morgan fingerprint density at radius 2 is 2.40 bits per heavy atom. The predicted octanol–water partition coefficient (Wildman–Crippen LogP) is 1.03. The van der Waals surface area contributed by atoms with Crippen LogP contribution in [0.25, 0.3) is 10.9 Å². The third-order valence-electron chi connectivity index (χ3n) is 2.28. The van der Waals surface area contributed by atoms with Gasteiger partial charge < -0.3 is 10.4 Å². The van der Waals surface area contributed by atoms with Crippen LogP contribution in [0.1, 0.15) is 12.5 Å². The van der Waals surface area contributed by atoms with Gasteiger partial charge in [0.15, 0.2) is 0 Å². The van der Waals surface area contributed by atoms with Crippen LogP contribution in [-0.2, 0) is 6.54 Å². The lowest BCUT2D eigenvalue weighted by Gasteiger charge is -2.06. The molecular weight excluding hydrogens is 190 g/mol. The van der Waals surface area contributed by atoms with E-state index < -0.39 is 0 Å². The summed E-state index contributed by atoms with van der Waals surface area (Å²) >= 11 is 0. The van der Waals surface area contributed by atoms with Gasteiger partial charge in [-0.25, -0.2) is 0 Å². The van der Waals surface area contributed by atoms with Crippen LogP contribution < -0.4 is 5.32 Å². The standard InChI is InChI=1S/C11H15N3O/c1-8(15)5-12-6-9-2-3-10-7-13-14-11(10)4-9/h2-4,7-8,12,15H,5-6H2,1H3,(H,13,14)/t8-/m1/s1. The Balaban J connectivity index is 2.02.